The molecular formula is C17H16Cl2N2O2. The van der Waals surface area contributed by atoms with E-state index in [9.17, 15) is 9.59 Å². The Morgan fingerprint density at radius 2 is 1.74 bits per heavy atom. The van der Waals surface area contributed by atoms with Crippen LogP contribution in [-0.4, -0.2) is 24.9 Å². The van der Waals surface area contributed by atoms with Crippen molar-refractivity contribution in [3.63, 3.8) is 0 Å². The summed E-state index contributed by atoms with van der Waals surface area (Å²) >= 11 is 12.1. The number of nitrogens with one attached hydrogen (secondary N) is 1. The summed E-state index contributed by atoms with van der Waals surface area (Å²) in [5.41, 5.74) is 1.10. The smallest absolute Gasteiger partial charge is 0.251 e. The number of hydrogen-bond acceptors (Lipinski definition) is 2. The number of benzene rings is 2. The zero-order chi connectivity index (χ0) is 16.8. The maximum atomic E-state index is 12.0. The lowest BCUT2D eigenvalue weighted by atomic mass is 10.2. The number of amides is 2. The molecule has 0 unspecified atom stereocenters. The van der Waals surface area contributed by atoms with Crippen molar-refractivity contribution in [2.24, 2.45) is 0 Å². The molecule has 0 saturated carbocycles. The van der Waals surface area contributed by atoms with Crippen LogP contribution in [0.25, 0.3) is 0 Å². The molecule has 0 bridgehead atoms. The zero-order valence-electron chi connectivity index (χ0n) is 12.6. The summed E-state index contributed by atoms with van der Waals surface area (Å²) in [5.74, 6) is -0.366. The van der Waals surface area contributed by atoms with Crippen molar-refractivity contribution in [1.29, 1.82) is 0 Å². The molecule has 0 aliphatic rings. The third-order valence-corrected chi connectivity index (χ3v) is 4.07. The van der Waals surface area contributed by atoms with Gasteiger partial charge in [0, 0.05) is 25.6 Å². The minimum absolute atomic E-state index is 0.178. The molecule has 2 amide bonds. The van der Waals surface area contributed by atoms with E-state index in [1.165, 1.54) is 11.8 Å². The highest BCUT2D eigenvalue weighted by molar-refractivity contribution is 6.44. The van der Waals surface area contributed by atoms with Gasteiger partial charge in [-0.2, -0.15) is 0 Å². The predicted octanol–water partition coefficient (Wildman–Crippen LogP) is 3.78. The van der Waals surface area contributed by atoms with Crippen LogP contribution in [0.3, 0.4) is 0 Å². The van der Waals surface area contributed by atoms with E-state index in [0.29, 0.717) is 34.4 Å². The molecule has 4 nitrogen and oxygen atoms in total. The van der Waals surface area contributed by atoms with Gasteiger partial charge in [-0.25, -0.2) is 0 Å². The number of carbonyl (C=O) groups excluding carboxylic acids is 2. The van der Waals surface area contributed by atoms with Gasteiger partial charge in [0.1, 0.15) is 0 Å². The summed E-state index contributed by atoms with van der Waals surface area (Å²) in [6.45, 7) is 2.04. The highest BCUT2D eigenvalue weighted by atomic mass is 35.5. The molecule has 120 valence electrons. The topological polar surface area (TPSA) is 49.4 Å². The lowest BCUT2D eigenvalue weighted by Crippen LogP contribution is -2.37. The van der Waals surface area contributed by atoms with Crippen LogP contribution in [0, 0.1) is 0 Å². The highest BCUT2D eigenvalue weighted by Gasteiger charge is 2.16. The second kappa shape index (κ2) is 7.99. The fourth-order valence-electron chi connectivity index (χ4n) is 2.12. The van der Waals surface area contributed by atoms with Crippen molar-refractivity contribution < 1.29 is 9.59 Å². The molecule has 0 radical (unpaired) electrons. The Kier molecular flexibility index (Phi) is 6.02. The van der Waals surface area contributed by atoms with Gasteiger partial charge >= 0.3 is 0 Å². The van der Waals surface area contributed by atoms with Gasteiger partial charge in [-0.15, -0.1) is 0 Å². The Labute approximate surface area is 145 Å². The third kappa shape index (κ3) is 4.47. The standard InChI is InChI=1S/C17H16Cl2N2O2/c1-12(22)21(15-9-5-8-14(18)16(15)19)11-10-20-17(23)13-6-3-2-4-7-13/h2-9H,10-11H2,1H3,(H,20,23). The molecule has 0 aliphatic heterocycles. The van der Waals surface area contributed by atoms with E-state index in [0.717, 1.165) is 0 Å². The average Bonchev–Trinajstić information content (AvgIpc) is 2.55. The van der Waals surface area contributed by atoms with Crippen LogP contribution < -0.4 is 10.2 Å². The Bertz CT molecular complexity index is 705. The van der Waals surface area contributed by atoms with E-state index >= 15 is 0 Å². The first-order valence-electron chi connectivity index (χ1n) is 7.06. The number of hydrogen-bond donors (Lipinski definition) is 1. The zero-order valence-corrected chi connectivity index (χ0v) is 14.1. The number of rotatable bonds is 5. The fraction of sp³-hybridized carbons (Fsp3) is 0.176. The van der Waals surface area contributed by atoms with Crippen LogP contribution in [-0.2, 0) is 4.79 Å². The van der Waals surface area contributed by atoms with Crippen molar-refractivity contribution >= 4 is 40.7 Å². The Morgan fingerprint density at radius 1 is 1.04 bits per heavy atom. The largest absolute Gasteiger partial charge is 0.350 e. The Morgan fingerprint density at radius 3 is 2.39 bits per heavy atom. The van der Waals surface area contributed by atoms with Crippen LogP contribution in [0.15, 0.2) is 48.5 Å². The fourth-order valence-corrected chi connectivity index (χ4v) is 2.52. The molecule has 23 heavy (non-hydrogen) atoms. The maximum absolute atomic E-state index is 12.0. The van der Waals surface area contributed by atoms with Gasteiger partial charge in [0.05, 0.1) is 15.7 Å². The van der Waals surface area contributed by atoms with Crippen LogP contribution in [0.4, 0.5) is 5.69 Å². The van der Waals surface area contributed by atoms with Crippen molar-refractivity contribution in [1.82, 2.24) is 5.32 Å². The van der Waals surface area contributed by atoms with E-state index in [2.05, 4.69) is 5.32 Å². The second-order valence-corrected chi connectivity index (χ2v) is 5.65. The minimum Gasteiger partial charge on any atom is -0.350 e. The Balaban J connectivity index is 2.02. The van der Waals surface area contributed by atoms with Crippen LogP contribution >= 0.6 is 23.2 Å². The van der Waals surface area contributed by atoms with Gasteiger partial charge in [0.25, 0.3) is 5.91 Å². The summed E-state index contributed by atoms with van der Waals surface area (Å²) in [4.78, 5) is 25.3. The molecule has 0 atom stereocenters. The van der Waals surface area contributed by atoms with Gasteiger partial charge in [-0.1, -0.05) is 47.5 Å². The summed E-state index contributed by atoms with van der Waals surface area (Å²) in [6, 6.07) is 14.0. The van der Waals surface area contributed by atoms with Gasteiger partial charge < -0.3 is 10.2 Å². The van der Waals surface area contributed by atoms with Gasteiger partial charge in [-0.05, 0) is 24.3 Å². The molecule has 0 saturated heterocycles. The highest BCUT2D eigenvalue weighted by Crippen LogP contribution is 2.32. The number of halogens is 2. The average molecular weight is 351 g/mol. The van der Waals surface area contributed by atoms with Gasteiger partial charge in [0.15, 0.2) is 0 Å². The van der Waals surface area contributed by atoms with E-state index in [4.69, 9.17) is 23.2 Å². The van der Waals surface area contributed by atoms with Gasteiger partial charge in [0.2, 0.25) is 5.91 Å². The Hall–Kier alpha value is -2.04. The first kappa shape index (κ1) is 17.3. The molecule has 2 rings (SSSR count). The van der Waals surface area contributed by atoms with Gasteiger partial charge in [-0.3, -0.25) is 9.59 Å². The van der Waals surface area contributed by atoms with Crippen molar-refractivity contribution in [2.45, 2.75) is 6.92 Å². The normalized spacial score (nSPS) is 10.2. The number of carbonyl (C=O) groups is 2. The predicted molar refractivity (Wildman–Crippen MR) is 93.3 cm³/mol. The quantitative estimate of drug-likeness (QED) is 0.891. The third-order valence-electron chi connectivity index (χ3n) is 3.26. The summed E-state index contributed by atoms with van der Waals surface area (Å²) < 4.78 is 0. The number of anilines is 1. The molecule has 1 N–H and O–H groups in total. The second-order valence-electron chi connectivity index (χ2n) is 4.87. The molecule has 0 heterocycles. The molecule has 0 aliphatic carbocycles. The maximum Gasteiger partial charge on any atom is 0.251 e. The lowest BCUT2D eigenvalue weighted by Gasteiger charge is -2.23. The van der Waals surface area contributed by atoms with Crippen molar-refractivity contribution in [3.05, 3.63) is 64.1 Å². The molecule has 0 spiro atoms. The van der Waals surface area contributed by atoms with E-state index in [-0.39, 0.29) is 11.8 Å². The first-order valence-corrected chi connectivity index (χ1v) is 7.81. The number of nitrogens with zero attached hydrogens (tertiary/aromatic N) is 1. The van der Waals surface area contributed by atoms with E-state index in [1.807, 2.05) is 6.07 Å². The minimum atomic E-state index is -0.189. The van der Waals surface area contributed by atoms with Crippen LogP contribution in [0.5, 0.6) is 0 Å². The lowest BCUT2D eigenvalue weighted by molar-refractivity contribution is -0.116. The molecule has 6 heteroatoms. The van der Waals surface area contributed by atoms with Crippen molar-refractivity contribution in [2.75, 3.05) is 18.0 Å². The molecule has 2 aromatic rings. The summed E-state index contributed by atoms with van der Waals surface area (Å²) in [6.07, 6.45) is 0. The van der Waals surface area contributed by atoms with E-state index < -0.39 is 0 Å². The van der Waals surface area contributed by atoms with Crippen molar-refractivity contribution in [3.8, 4) is 0 Å². The summed E-state index contributed by atoms with van der Waals surface area (Å²) in [7, 11) is 0. The molecular weight excluding hydrogens is 335 g/mol. The molecule has 2 aromatic carbocycles. The first-order chi connectivity index (χ1) is 11.0. The monoisotopic (exact) mass is 350 g/mol. The molecule has 0 aromatic heterocycles. The SMILES string of the molecule is CC(=O)N(CCNC(=O)c1ccccc1)c1cccc(Cl)c1Cl. The molecule has 0 fully saturated rings. The van der Waals surface area contributed by atoms with Crippen LogP contribution in [0.1, 0.15) is 17.3 Å². The summed E-state index contributed by atoms with van der Waals surface area (Å²) in [5, 5.41) is 3.48. The van der Waals surface area contributed by atoms with E-state index in [1.54, 1.807) is 42.5 Å². The van der Waals surface area contributed by atoms with Crippen LogP contribution in [0.2, 0.25) is 10.0 Å².